The van der Waals surface area contributed by atoms with Gasteiger partial charge in [0.25, 0.3) is 0 Å². The van der Waals surface area contributed by atoms with Gasteiger partial charge < -0.3 is 9.64 Å². The number of carbonyl (C=O) groups is 1. The van der Waals surface area contributed by atoms with Crippen LogP contribution in [0.25, 0.3) is 0 Å². The smallest absolute Gasteiger partial charge is 0.312 e. The lowest BCUT2D eigenvalue weighted by molar-refractivity contribution is -0.151. The van der Waals surface area contributed by atoms with Crippen molar-refractivity contribution in [3.63, 3.8) is 0 Å². The van der Waals surface area contributed by atoms with E-state index in [-0.39, 0.29) is 11.4 Å². The van der Waals surface area contributed by atoms with Crippen LogP contribution < -0.4 is 0 Å². The first kappa shape index (κ1) is 10.9. The third-order valence-corrected chi connectivity index (χ3v) is 4.28. The third kappa shape index (κ3) is 1.67. The van der Waals surface area contributed by atoms with Crippen LogP contribution in [0.5, 0.6) is 0 Å². The molecule has 2 fully saturated rings. The maximum Gasteiger partial charge on any atom is 0.312 e. The predicted octanol–water partition coefficient (Wildman–Crippen LogP) is 1.53. The molecule has 0 bridgehead atoms. The van der Waals surface area contributed by atoms with Gasteiger partial charge in [-0.3, -0.25) is 4.79 Å². The highest BCUT2D eigenvalue weighted by molar-refractivity contribution is 5.81. The van der Waals surface area contributed by atoms with E-state index in [1.807, 2.05) is 0 Å². The molecule has 0 spiro atoms. The van der Waals surface area contributed by atoms with Crippen LogP contribution in [0.3, 0.4) is 0 Å². The Morgan fingerprint density at radius 3 is 2.67 bits per heavy atom. The van der Waals surface area contributed by atoms with E-state index in [0.29, 0.717) is 11.8 Å². The van der Waals surface area contributed by atoms with Crippen LogP contribution in [0.4, 0.5) is 0 Å². The zero-order valence-corrected chi connectivity index (χ0v) is 9.95. The Morgan fingerprint density at radius 2 is 2.20 bits per heavy atom. The van der Waals surface area contributed by atoms with Crippen molar-refractivity contribution in [3.05, 3.63) is 0 Å². The molecule has 15 heavy (non-hydrogen) atoms. The van der Waals surface area contributed by atoms with Gasteiger partial charge in [0, 0.05) is 6.54 Å². The van der Waals surface area contributed by atoms with Crippen molar-refractivity contribution in [3.8, 4) is 0 Å². The van der Waals surface area contributed by atoms with Crippen LogP contribution in [0.1, 0.15) is 26.2 Å². The van der Waals surface area contributed by atoms with E-state index in [1.165, 1.54) is 26.5 Å². The number of hydrogen-bond acceptors (Lipinski definition) is 3. The van der Waals surface area contributed by atoms with Crippen molar-refractivity contribution in [1.29, 1.82) is 0 Å². The van der Waals surface area contributed by atoms with Gasteiger partial charge >= 0.3 is 5.97 Å². The first-order valence-corrected chi connectivity index (χ1v) is 5.88. The average Bonchev–Trinajstić information content (AvgIpc) is 2.90. The van der Waals surface area contributed by atoms with Gasteiger partial charge in [0.1, 0.15) is 0 Å². The minimum atomic E-state index is -0.135. The molecule has 3 heteroatoms. The summed E-state index contributed by atoms with van der Waals surface area (Å²) in [5, 5.41) is 0. The van der Waals surface area contributed by atoms with E-state index < -0.39 is 0 Å². The largest absolute Gasteiger partial charge is 0.469 e. The Hall–Kier alpha value is -0.570. The number of piperidine rings is 1. The first-order valence-electron chi connectivity index (χ1n) is 5.88. The number of likely N-dealkylation sites (tertiary alicyclic amines) is 1. The Kier molecular flexibility index (Phi) is 2.75. The van der Waals surface area contributed by atoms with Gasteiger partial charge in [-0.15, -0.1) is 0 Å². The van der Waals surface area contributed by atoms with Crippen molar-refractivity contribution in [2.24, 2.45) is 17.3 Å². The van der Waals surface area contributed by atoms with Gasteiger partial charge in [0.15, 0.2) is 0 Å². The molecule has 0 amide bonds. The zero-order chi connectivity index (χ0) is 11.1. The highest BCUT2D eigenvalue weighted by Gasteiger charge is 2.62. The van der Waals surface area contributed by atoms with Gasteiger partial charge in [-0.2, -0.15) is 0 Å². The highest BCUT2D eigenvalue weighted by atomic mass is 16.5. The molecule has 1 saturated carbocycles. The van der Waals surface area contributed by atoms with Gasteiger partial charge in [0.05, 0.1) is 12.5 Å². The Labute approximate surface area is 91.8 Å². The minimum Gasteiger partial charge on any atom is -0.469 e. The molecule has 3 nitrogen and oxygen atoms in total. The molecule has 3 unspecified atom stereocenters. The van der Waals surface area contributed by atoms with E-state index >= 15 is 0 Å². The number of rotatable bonds is 2. The van der Waals surface area contributed by atoms with Crippen molar-refractivity contribution < 1.29 is 9.53 Å². The fourth-order valence-electron chi connectivity index (χ4n) is 3.24. The molecule has 1 saturated heterocycles. The average molecular weight is 211 g/mol. The summed E-state index contributed by atoms with van der Waals surface area (Å²) in [5.74, 6) is 1.05. The molecule has 1 heterocycles. The standard InChI is InChI=1S/C12H21NO2/c1-9-7-12(9,11(14)15-3)10-5-4-6-13(2)8-10/h9-10H,4-8H2,1-3H3. The van der Waals surface area contributed by atoms with E-state index in [0.717, 1.165) is 13.0 Å². The fraction of sp³-hybridized carbons (Fsp3) is 0.917. The van der Waals surface area contributed by atoms with Crippen LogP contribution >= 0.6 is 0 Å². The lowest BCUT2D eigenvalue weighted by Gasteiger charge is -2.34. The Bertz CT molecular complexity index is 266. The van der Waals surface area contributed by atoms with E-state index in [4.69, 9.17) is 4.74 Å². The molecular weight excluding hydrogens is 190 g/mol. The summed E-state index contributed by atoms with van der Waals surface area (Å²) in [5.41, 5.74) is -0.135. The number of carbonyl (C=O) groups excluding carboxylic acids is 1. The Balaban J connectivity index is 2.10. The zero-order valence-electron chi connectivity index (χ0n) is 9.95. The molecule has 3 atom stereocenters. The normalized spacial score (nSPS) is 41.3. The third-order valence-electron chi connectivity index (χ3n) is 4.28. The quantitative estimate of drug-likeness (QED) is 0.649. The number of ether oxygens (including phenoxy) is 1. The number of hydrogen-bond donors (Lipinski definition) is 0. The highest BCUT2D eigenvalue weighted by Crippen LogP contribution is 2.60. The molecule has 0 N–H and O–H groups in total. The molecule has 0 radical (unpaired) electrons. The molecular formula is C12H21NO2. The van der Waals surface area contributed by atoms with E-state index in [1.54, 1.807) is 0 Å². The summed E-state index contributed by atoms with van der Waals surface area (Å²) in [6, 6.07) is 0. The summed E-state index contributed by atoms with van der Waals surface area (Å²) < 4.78 is 4.98. The fourth-order valence-corrected chi connectivity index (χ4v) is 3.24. The van der Waals surface area contributed by atoms with Crippen molar-refractivity contribution in [2.45, 2.75) is 26.2 Å². The summed E-state index contributed by atoms with van der Waals surface area (Å²) in [7, 11) is 3.66. The molecule has 2 rings (SSSR count). The summed E-state index contributed by atoms with van der Waals surface area (Å²) in [6.45, 7) is 4.40. The lowest BCUT2D eigenvalue weighted by Crippen LogP contribution is -2.40. The first-order chi connectivity index (χ1) is 7.11. The van der Waals surface area contributed by atoms with Crippen LogP contribution in [-0.4, -0.2) is 38.1 Å². The second kappa shape index (κ2) is 3.78. The molecule has 2 aliphatic rings. The van der Waals surface area contributed by atoms with Crippen LogP contribution in [0.15, 0.2) is 0 Å². The summed E-state index contributed by atoms with van der Waals surface area (Å²) >= 11 is 0. The molecule has 0 aromatic rings. The Morgan fingerprint density at radius 1 is 1.53 bits per heavy atom. The van der Waals surface area contributed by atoms with Crippen LogP contribution in [-0.2, 0) is 9.53 Å². The van der Waals surface area contributed by atoms with E-state index in [9.17, 15) is 4.79 Å². The maximum absolute atomic E-state index is 11.9. The van der Waals surface area contributed by atoms with Crippen molar-refractivity contribution in [1.82, 2.24) is 4.90 Å². The SMILES string of the molecule is COC(=O)C1(C2CCCN(C)C2)CC1C. The number of nitrogens with zero attached hydrogens (tertiary/aromatic N) is 1. The maximum atomic E-state index is 11.9. The van der Waals surface area contributed by atoms with Crippen LogP contribution in [0.2, 0.25) is 0 Å². The number of esters is 1. The van der Waals surface area contributed by atoms with E-state index in [2.05, 4.69) is 18.9 Å². The molecule has 1 aliphatic heterocycles. The molecule has 0 aromatic carbocycles. The topological polar surface area (TPSA) is 29.5 Å². The van der Waals surface area contributed by atoms with Crippen molar-refractivity contribution in [2.75, 3.05) is 27.2 Å². The number of methoxy groups -OCH3 is 1. The molecule has 1 aliphatic carbocycles. The van der Waals surface area contributed by atoms with Gasteiger partial charge in [-0.05, 0) is 44.7 Å². The summed E-state index contributed by atoms with van der Waals surface area (Å²) in [6.07, 6.45) is 3.43. The lowest BCUT2D eigenvalue weighted by atomic mass is 9.81. The van der Waals surface area contributed by atoms with Gasteiger partial charge in [-0.25, -0.2) is 0 Å². The second-order valence-corrected chi connectivity index (χ2v) is 5.24. The monoisotopic (exact) mass is 211 g/mol. The van der Waals surface area contributed by atoms with Gasteiger partial charge in [-0.1, -0.05) is 6.92 Å². The van der Waals surface area contributed by atoms with Gasteiger partial charge in [0.2, 0.25) is 0 Å². The summed E-state index contributed by atoms with van der Waals surface area (Å²) in [4.78, 5) is 14.2. The second-order valence-electron chi connectivity index (χ2n) is 5.24. The molecule has 86 valence electrons. The molecule has 0 aromatic heterocycles. The minimum absolute atomic E-state index is 0.0234. The van der Waals surface area contributed by atoms with Crippen molar-refractivity contribution >= 4 is 5.97 Å². The predicted molar refractivity (Wildman–Crippen MR) is 58.5 cm³/mol. The van der Waals surface area contributed by atoms with Crippen LogP contribution in [0, 0.1) is 17.3 Å².